The minimum absolute atomic E-state index is 0.254. The van der Waals surface area contributed by atoms with Crippen molar-refractivity contribution in [2.45, 2.75) is 65.5 Å². The predicted molar refractivity (Wildman–Crippen MR) is 111 cm³/mol. The summed E-state index contributed by atoms with van der Waals surface area (Å²) in [5.74, 6) is -0.0321. The van der Waals surface area contributed by atoms with Crippen LogP contribution in [-0.4, -0.2) is 46.4 Å². The van der Waals surface area contributed by atoms with Gasteiger partial charge in [0, 0.05) is 25.1 Å². The molecule has 0 aromatic carbocycles. The molecule has 1 aliphatic heterocycles. The number of rotatable bonds is 8. The predicted octanol–water partition coefficient (Wildman–Crippen LogP) is 2.92. The summed E-state index contributed by atoms with van der Waals surface area (Å²) in [7, 11) is 0. The van der Waals surface area contributed by atoms with Crippen LogP contribution in [0.3, 0.4) is 0 Å². The van der Waals surface area contributed by atoms with Crippen LogP contribution in [0.5, 0.6) is 0 Å². The number of carbonyl (C=O) groups is 2. The molecule has 0 spiro atoms. The Kier molecular flexibility index (Phi) is 7.81. The molecule has 2 heterocycles. The lowest BCUT2D eigenvalue weighted by Crippen LogP contribution is -2.33. The molecule has 0 bridgehead atoms. The SMILES string of the molecule is CCOC(=O)C1=Cc2c(cnn2CCCCCNC(=O)OC(C)(C)C)N=C(N)C1. The number of esters is 1. The van der Waals surface area contributed by atoms with E-state index in [-0.39, 0.29) is 12.4 Å². The number of aliphatic imine (C=N–C) groups is 1. The number of fused-ring (bicyclic) bond motifs is 1. The molecule has 1 aromatic heterocycles. The molecule has 0 radical (unpaired) electrons. The van der Waals surface area contributed by atoms with E-state index in [1.807, 2.05) is 25.5 Å². The van der Waals surface area contributed by atoms with Crippen molar-refractivity contribution in [1.29, 1.82) is 0 Å². The van der Waals surface area contributed by atoms with Gasteiger partial charge in [0.25, 0.3) is 0 Å². The summed E-state index contributed by atoms with van der Waals surface area (Å²) in [6.45, 7) is 8.79. The fraction of sp³-hybridized carbons (Fsp3) is 0.600. The molecule has 0 aliphatic carbocycles. The largest absolute Gasteiger partial charge is 0.463 e. The summed E-state index contributed by atoms with van der Waals surface area (Å²) < 4.78 is 12.1. The van der Waals surface area contributed by atoms with E-state index in [0.717, 1.165) is 25.0 Å². The highest BCUT2D eigenvalue weighted by Crippen LogP contribution is 2.27. The highest BCUT2D eigenvalue weighted by molar-refractivity contribution is 6.02. The number of hydrogen-bond acceptors (Lipinski definition) is 7. The first-order valence-corrected chi connectivity index (χ1v) is 9.93. The third kappa shape index (κ3) is 7.24. The quantitative estimate of drug-likeness (QED) is 0.507. The average molecular weight is 405 g/mol. The summed E-state index contributed by atoms with van der Waals surface area (Å²) >= 11 is 0. The van der Waals surface area contributed by atoms with Crippen molar-refractivity contribution >= 4 is 29.7 Å². The highest BCUT2D eigenvalue weighted by Gasteiger charge is 2.20. The number of ether oxygens (including phenoxy) is 2. The monoisotopic (exact) mass is 405 g/mol. The van der Waals surface area contributed by atoms with Crippen LogP contribution >= 0.6 is 0 Å². The molecule has 160 valence electrons. The van der Waals surface area contributed by atoms with Crippen LogP contribution in [0, 0.1) is 0 Å². The number of aromatic nitrogens is 2. The second-order valence-electron chi connectivity index (χ2n) is 7.80. The Hall–Kier alpha value is -2.84. The molecule has 1 aliphatic rings. The lowest BCUT2D eigenvalue weighted by Gasteiger charge is -2.19. The normalized spacial score (nSPS) is 13.7. The van der Waals surface area contributed by atoms with Crippen molar-refractivity contribution in [3.8, 4) is 0 Å². The Morgan fingerprint density at radius 2 is 2.03 bits per heavy atom. The summed E-state index contributed by atoms with van der Waals surface area (Å²) in [4.78, 5) is 28.1. The maximum absolute atomic E-state index is 12.1. The molecule has 9 nitrogen and oxygen atoms in total. The Balaban J connectivity index is 1.87. The van der Waals surface area contributed by atoms with Gasteiger partial charge in [-0.05, 0) is 53.0 Å². The number of nitrogens with two attached hydrogens (primary N) is 1. The van der Waals surface area contributed by atoms with Crippen molar-refractivity contribution in [2.75, 3.05) is 13.2 Å². The molecule has 0 atom stereocenters. The van der Waals surface area contributed by atoms with E-state index >= 15 is 0 Å². The van der Waals surface area contributed by atoms with Crippen molar-refractivity contribution in [3.63, 3.8) is 0 Å². The van der Waals surface area contributed by atoms with E-state index in [1.54, 1.807) is 19.2 Å². The number of amidine groups is 1. The van der Waals surface area contributed by atoms with E-state index in [1.165, 1.54) is 0 Å². The molecule has 29 heavy (non-hydrogen) atoms. The Bertz CT molecular complexity index is 789. The van der Waals surface area contributed by atoms with Gasteiger partial charge in [0.05, 0.1) is 18.5 Å². The van der Waals surface area contributed by atoms with Crippen molar-refractivity contribution in [3.05, 3.63) is 17.5 Å². The molecule has 3 N–H and O–H groups in total. The topological polar surface area (TPSA) is 121 Å². The second-order valence-corrected chi connectivity index (χ2v) is 7.80. The van der Waals surface area contributed by atoms with Crippen LogP contribution < -0.4 is 11.1 Å². The van der Waals surface area contributed by atoms with Crippen LogP contribution in [0.2, 0.25) is 0 Å². The smallest absolute Gasteiger partial charge is 0.407 e. The molecule has 0 saturated heterocycles. The van der Waals surface area contributed by atoms with E-state index < -0.39 is 11.7 Å². The number of hydrogen-bond donors (Lipinski definition) is 2. The molecule has 0 fully saturated rings. The van der Waals surface area contributed by atoms with Gasteiger partial charge in [0.2, 0.25) is 0 Å². The first-order chi connectivity index (χ1) is 13.7. The minimum atomic E-state index is -0.496. The fourth-order valence-corrected chi connectivity index (χ4v) is 2.83. The molecular formula is C20H31N5O4. The van der Waals surface area contributed by atoms with Gasteiger partial charge in [-0.25, -0.2) is 14.6 Å². The van der Waals surface area contributed by atoms with Gasteiger partial charge in [-0.15, -0.1) is 0 Å². The Morgan fingerprint density at radius 1 is 1.28 bits per heavy atom. The van der Waals surface area contributed by atoms with Gasteiger partial charge in [-0.3, -0.25) is 4.68 Å². The van der Waals surface area contributed by atoms with Gasteiger partial charge in [-0.2, -0.15) is 5.10 Å². The standard InChI is InChI=1S/C20H31N5O4/c1-5-28-18(26)14-11-16-15(24-17(21)12-14)13-23-25(16)10-8-6-7-9-22-19(27)29-20(2,3)4/h11,13H,5-10,12H2,1-4H3,(H2,21,24)(H,22,27). The maximum Gasteiger partial charge on any atom is 0.407 e. The van der Waals surface area contributed by atoms with Gasteiger partial charge in [0.15, 0.2) is 0 Å². The number of amides is 1. The number of aryl methyl sites for hydroxylation is 1. The Labute approximate surface area is 171 Å². The maximum atomic E-state index is 12.1. The number of alkyl carbamates (subject to hydrolysis) is 1. The highest BCUT2D eigenvalue weighted by atomic mass is 16.6. The molecular weight excluding hydrogens is 374 g/mol. The van der Waals surface area contributed by atoms with Crippen molar-refractivity contribution < 1.29 is 19.1 Å². The van der Waals surface area contributed by atoms with E-state index in [4.69, 9.17) is 15.2 Å². The zero-order valence-corrected chi connectivity index (χ0v) is 17.7. The molecule has 0 unspecified atom stereocenters. The van der Waals surface area contributed by atoms with Gasteiger partial charge >= 0.3 is 12.1 Å². The molecule has 9 heteroatoms. The number of nitrogens with one attached hydrogen (secondary N) is 1. The number of unbranched alkanes of at least 4 members (excludes halogenated alkanes) is 2. The summed E-state index contributed by atoms with van der Waals surface area (Å²) in [6, 6.07) is 0. The number of nitrogens with zero attached hydrogens (tertiary/aromatic N) is 3. The van der Waals surface area contributed by atoms with Gasteiger partial charge in [-0.1, -0.05) is 0 Å². The van der Waals surface area contributed by atoms with E-state index in [9.17, 15) is 9.59 Å². The Morgan fingerprint density at radius 3 is 2.72 bits per heavy atom. The summed E-state index contributed by atoms with van der Waals surface area (Å²) in [5.41, 5.74) is 7.29. The van der Waals surface area contributed by atoms with E-state index in [2.05, 4.69) is 15.4 Å². The third-order valence-electron chi connectivity index (χ3n) is 4.06. The van der Waals surface area contributed by atoms with Crippen LogP contribution in [0.1, 0.15) is 59.1 Å². The summed E-state index contributed by atoms with van der Waals surface area (Å²) in [6.07, 6.45) is 5.87. The van der Waals surface area contributed by atoms with E-state index in [0.29, 0.717) is 36.8 Å². The molecule has 1 aromatic rings. The summed E-state index contributed by atoms with van der Waals surface area (Å²) in [5, 5.41) is 7.12. The van der Waals surface area contributed by atoms with Crippen molar-refractivity contribution in [1.82, 2.24) is 15.1 Å². The lowest BCUT2D eigenvalue weighted by atomic mass is 10.1. The second kappa shape index (κ2) is 10.1. The first kappa shape index (κ1) is 22.4. The third-order valence-corrected chi connectivity index (χ3v) is 4.06. The van der Waals surface area contributed by atoms with Crippen molar-refractivity contribution in [2.24, 2.45) is 10.7 Å². The zero-order chi connectivity index (χ0) is 21.4. The number of carbonyl (C=O) groups excluding carboxylic acids is 2. The van der Waals surface area contributed by atoms with Crippen LogP contribution in [-0.2, 0) is 20.8 Å². The van der Waals surface area contributed by atoms with Crippen LogP contribution in [0.4, 0.5) is 10.5 Å². The van der Waals surface area contributed by atoms with Crippen LogP contribution in [0.15, 0.2) is 16.8 Å². The molecule has 1 amide bonds. The zero-order valence-electron chi connectivity index (χ0n) is 17.7. The van der Waals surface area contributed by atoms with Crippen LogP contribution in [0.25, 0.3) is 6.08 Å². The van der Waals surface area contributed by atoms with Gasteiger partial charge in [0.1, 0.15) is 17.1 Å². The minimum Gasteiger partial charge on any atom is -0.463 e. The lowest BCUT2D eigenvalue weighted by molar-refractivity contribution is -0.138. The molecule has 0 saturated carbocycles. The molecule has 2 rings (SSSR count). The first-order valence-electron chi connectivity index (χ1n) is 9.93. The average Bonchev–Trinajstić information content (AvgIpc) is 2.88. The van der Waals surface area contributed by atoms with Gasteiger partial charge < -0.3 is 20.5 Å². The fourth-order valence-electron chi connectivity index (χ4n) is 2.83.